The third kappa shape index (κ3) is 7.51. The molecule has 0 saturated heterocycles. The Morgan fingerprint density at radius 3 is 1.46 bits per heavy atom. The maximum absolute atomic E-state index is 6.02. The van der Waals surface area contributed by atoms with E-state index >= 15 is 0 Å². The van der Waals surface area contributed by atoms with Crippen LogP contribution in [0.4, 0.5) is 0 Å². The molecule has 4 nitrogen and oxygen atoms in total. The van der Waals surface area contributed by atoms with E-state index in [2.05, 4.69) is 74.2 Å². The van der Waals surface area contributed by atoms with Crippen LogP contribution in [-0.4, -0.2) is 45.4 Å². The number of methoxy groups -OCH3 is 2. The Kier molecular flexibility index (Phi) is 11.7. The SMILES string of the molecule is CC/C(=C(\c1ccc(OC)cc1)c1ccc(OCCN(CC)CC)cc1)c1ccc(OC)cc1.Cl. The predicted molar refractivity (Wildman–Crippen MR) is 149 cm³/mol. The fourth-order valence-electron chi connectivity index (χ4n) is 4.14. The molecule has 0 saturated carbocycles. The Bertz CT molecular complexity index is 1040. The van der Waals surface area contributed by atoms with Crippen molar-refractivity contribution in [3.05, 3.63) is 89.5 Å². The molecule has 0 fully saturated rings. The summed E-state index contributed by atoms with van der Waals surface area (Å²) in [5.74, 6) is 2.60. The van der Waals surface area contributed by atoms with Crippen molar-refractivity contribution >= 4 is 23.6 Å². The lowest BCUT2D eigenvalue weighted by atomic mass is 9.88. The number of allylic oxidation sites excluding steroid dienone is 1. The molecule has 3 rings (SSSR count). The number of hydrogen-bond donors (Lipinski definition) is 0. The molecular formula is C30H38ClNO3. The first-order valence-electron chi connectivity index (χ1n) is 12.1. The minimum absolute atomic E-state index is 0. The number of likely N-dealkylation sites (N-methyl/N-ethyl adjacent to an activating group) is 1. The topological polar surface area (TPSA) is 30.9 Å². The van der Waals surface area contributed by atoms with Crippen LogP contribution in [0.5, 0.6) is 17.2 Å². The zero-order chi connectivity index (χ0) is 24.3. The van der Waals surface area contributed by atoms with Gasteiger partial charge in [0.1, 0.15) is 23.9 Å². The first-order chi connectivity index (χ1) is 16.6. The average molecular weight is 496 g/mol. The second-order valence-electron chi connectivity index (χ2n) is 8.06. The van der Waals surface area contributed by atoms with Crippen LogP contribution >= 0.6 is 12.4 Å². The predicted octanol–water partition coefficient (Wildman–Crippen LogP) is 7.22. The van der Waals surface area contributed by atoms with Crippen molar-refractivity contribution in [1.29, 1.82) is 0 Å². The second-order valence-corrected chi connectivity index (χ2v) is 8.06. The Labute approximate surface area is 216 Å². The van der Waals surface area contributed by atoms with Gasteiger partial charge in [-0.3, -0.25) is 0 Å². The van der Waals surface area contributed by atoms with Crippen molar-refractivity contribution in [2.24, 2.45) is 0 Å². The number of nitrogens with zero attached hydrogens (tertiary/aromatic N) is 1. The molecule has 0 spiro atoms. The second kappa shape index (κ2) is 14.4. The van der Waals surface area contributed by atoms with Crippen LogP contribution in [0.15, 0.2) is 72.8 Å². The van der Waals surface area contributed by atoms with Crippen molar-refractivity contribution in [3.8, 4) is 17.2 Å². The van der Waals surface area contributed by atoms with Crippen LogP contribution in [0.1, 0.15) is 43.9 Å². The molecular weight excluding hydrogens is 458 g/mol. The fourth-order valence-corrected chi connectivity index (χ4v) is 4.14. The molecule has 188 valence electrons. The van der Waals surface area contributed by atoms with Gasteiger partial charge in [-0.05, 0) is 83.7 Å². The molecule has 0 aliphatic carbocycles. The highest BCUT2D eigenvalue weighted by Gasteiger charge is 2.14. The van der Waals surface area contributed by atoms with Crippen LogP contribution in [0.25, 0.3) is 11.1 Å². The van der Waals surface area contributed by atoms with Crippen molar-refractivity contribution < 1.29 is 14.2 Å². The van der Waals surface area contributed by atoms with E-state index in [9.17, 15) is 0 Å². The van der Waals surface area contributed by atoms with Crippen molar-refractivity contribution in [3.63, 3.8) is 0 Å². The quantitative estimate of drug-likeness (QED) is 0.248. The Morgan fingerprint density at radius 2 is 1.06 bits per heavy atom. The zero-order valence-corrected chi connectivity index (χ0v) is 22.4. The summed E-state index contributed by atoms with van der Waals surface area (Å²) in [4.78, 5) is 2.36. The molecule has 0 amide bonds. The van der Waals surface area contributed by atoms with Gasteiger partial charge in [-0.25, -0.2) is 0 Å². The van der Waals surface area contributed by atoms with Crippen LogP contribution in [0.2, 0.25) is 0 Å². The smallest absolute Gasteiger partial charge is 0.119 e. The highest BCUT2D eigenvalue weighted by molar-refractivity contribution is 5.98. The maximum atomic E-state index is 6.02. The number of halogens is 1. The lowest BCUT2D eigenvalue weighted by Gasteiger charge is -2.19. The van der Waals surface area contributed by atoms with Crippen LogP contribution in [0, 0.1) is 0 Å². The highest BCUT2D eigenvalue weighted by atomic mass is 35.5. The lowest BCUT2D eigenvalue weighted by Crippen LogP contribution is -2.27. The summed E-state index contributed by atoms with van der Waals surface area (Å²) in [5, 5.41) is 0. The van der Waals surface area contributed by atoms with Gasteiger partial charge < -0.3 is 19.1 Å². The molecule has 0 N–H and O–H groups in total. The van der Waals surface area contributed by atoms with E-state index in [-0.39, 0.29) is 12.4 Å². The monoisotopic (exact) mass is 495 g/mol. The third-order valence-electron chi connectivity index (χ3n) is 6.19. The summed E-state index contributed by atoms with van der Waals surface area (Å²) in [6.45, 7) is 10.3. The molecule has 0 heterocycles. The number of hydrogen-bond acceptors (Lipinski definition) is 4. The van der Waals surface area contributed by atoms with Gasteiger partial charge in [0.15, 0.2) is 0 Å². The molecule has 35 heavy (non-hydrogen) atoms. The largest absolute Gasteiger partial charge is 0.497 e. The van der Waals surface area contributed by atoms with Crippen molar-refractivity contribution in [1.82, 2.24) is 4.90 Å². The Morgan fingerprint density at radius 1 is 0.629 bits per heavy atom. The Hall–Kier alpha value is -2.95. The molecule has 5 heteroatoms. The molecule has 0 radical (unpaired) electrons. The zero-order valence-electron chi connectivity index (χ0n) is 21.5. The highest BCUT2D eigenvalue weighted by Crippen LogP contribution is 2.36. The lowest BCUT2D eigenvalue weighted by molar-refractivity contribution is 0.223. The Balaban J connectivity index is 0.00000432. The number of rotatable bonds is 12. The summed E-state index contributed by atoms with van der Waals surface area (Å²) >= 11 is 0. The van der Waals surface area contributed by atoms with Crippen molar-refractivity contribution in [2.75, 3.05) is 40.5 Å². The summed E-state index contributed by atoms with van der Waals surface area (Å²) in [7, 11) is 3.39. The van der Waals surface area contributed by atoms with E-state index in [0.29, 0.717) is 6.61 Å². The van der Waals surface area contributed by atoms with E-state index in [1.165, 1.54) is 16.7 Å². The van der Waals surface area contributed by atoms with Gasteiger partial charge in [0.25, 0.3) is 0 Å². The molecule has 0 aliphatic rings. The van der Waals surface area contributed by atoms with Gasteiger partial charge in [0.05, 0.1) is 14.2 Å². The first kappa shape index (κ1) is 28.3. The summed E-state index contributed by atoms with van der Waals surface area (Å²) in [5.41, 5.74) is 6.00. The summed E-state index contributed by atoms with van der Waals surface area (Å²) in [6.07, 6.45) is 0.899. The third-order valence-corrected chi connectivity index (χ3v) is 6.19. The maximum Gasteiger partial charge on any atom is 0.119 e. The minimum Gasteiger partial charge on any atom is -0.497 e. The standard InChI is InChI=1S/C30H37NO3.ClH/c1-6-29(23-9-15-26(32-4)16-10-23)30(24-11-17-27(33-5)18-12-24)25-13-19-28(20-14-25)34-22-21-31(7-2)8-3;/h9-20H,6-8,21-22H2,1-5H3;1H/b30-29-;. The molecule has 3 aromatic rings. The minimum atomic E-state index is 0. The van der Waals surface area contributed by atoms with E-state index in [1.54, 1.807) is 14.2 Å². The van der Waals surface area contributed by atoms with Gasteiger partial charge >= 0.3 is 0 Å². The molecule has 0 aliphatic heterocycles. The van der Waals surface area contributed by atoms with E-state index in [0.717, 1.165) is 54.4 Å². The van der Waals surface area contributed by atoms with E-state index in [4.69, 9.17) is 14.2 Å². The van der Waals surface area contributed by atoms with Gasteiger partial charge in [0.2, 0.25) is 0 Å². The first-order valence-corrected chi connectivity index (χ1v) is 12.1. The summed E-state index contributed by atoms with van der Waals surface area (Å²) in [6, 6.07) is 25.0. The van der Waals surface area contributed by atoms with Gasteiger partial charge in [-0.15, -0.1) is 12.4 Å². The van der Waals surface area contributed by atoms with Gasteiger partial charge in [0, 0.05) is 6.54 Å². The normalized spacial score (nSPS) is 11.5. The molecule has 3 aromatic carbocycles. The number of ether oxygens (including phenoxy) is 3. The fraction of sp³-hybridized carbons (Fsp3) is 0.333. The van der Waals surface area contributed by atoms with Crippen LogP contribution in [0.3, 0.4) is 0 Å². The van der Waals surface area contributed by atoms with Crippen LogP contribution < -0.4 is 14.2 Å². The average Bonchev–Trinajstić information content (AvgIpc) is 2.90. The van der Waals surface area contributed by atoms with E-state index < -0.39 is 0 Å². The molecule has 0 aromatic heterocycles. The number of benzene rings is 3. The van der Waals surface area contributed by atoms with Gasteiger partial charge in [-0.1, -0.05) is 57.2 Å². The molecule has 0 atom stereocenters. The van der Waals surface area contributed by atoms with Crippen molar-refractivity contribution in [2.45, 2.75) is 27.2 Å². The molecule has 0 unspecified atom stereocenters. The molecule has 0 bridgehead atoms. The summed E-state index contributed by atoms with van der Waals surface area (Å²) < 4.78 is 16.8. The van der Waals surface area contributed by atoms with Crippen LogP contribution in [-0.2, 0) is 0 Å². The van der Waals surface area contributed by atoms with E-state index in [1.807, 2.05) is 24.3 Å². The van der Waals surface area contributed by atoms with Gasteiger partial charge in [-0.2, -0.15) is 0 Å².